The van der Waals surface area contributed by atoms with Crippen molar-refractivity contribution in [3.8, 4) is 0 Å². The van der Waals surface area contributed by atoms with Crippen molar-refractivity contribution < 1.29 is 4.79 Å². The van der Waals surface area contributed by atoms with Crippen LogP contribution in [0.2, 0.25) is 0 Å². The standard InChI is InChI=1S/C12H20N4OS/c1-12(2,3)10-9(18-15-14-10)11(17)16-6-5-8(7-16)13-4/h8,13H,5-7H2,1-4H3. The second-order valence-corrected chi connectivity index (χ2v) is 6.48. The minimum Gasteiger partial charge on any atom is -0.336 e. The summed E-state index contributed by atoms with van der Waals surface area (Å²) < 4.78 is 3.95. The van der Waals surface area contributed by atoms with E-state index in [9.17, 15) is 4.79 Å². The zero-order valence-corrected chi connectivity index (χ0v) is 12.2. The Balaban J connectivity index is 2.18. The highest BCUT2D eigenvalue weighted by atomic mass is 32.1. The summed E-state index contributed by atoms with van der Waals surface area (Å²) in [5.41, 5.74) is 0.672. The zero-order chi connectivity index (χ0) is 13.3. The van der Waals surface area contributed by atoms with Crippen LogP contribution in [-0.4, -0.2) is 46.6 Å². The zero-order valence-electron chi connectivity index (χ0n) is 11.4. The number of rotatable bonds is 2. The van der Waals surface area contributed by atoms with Gasteiger partial charge in [-0.2, -0.15) is 0 Å². The molecule has 5 nitrogen and oxygen atoms in total. The molecule has 1 N–H and O–H groups in total. The van der Waals surface area contributed by atoms with E-state index >= 15 is 0 Å². The van der Waals surface area contributed by atoms with Crippen molar-refractivity contribution in [2.75, 3.05) is 20.1 Å². The van der Waals surface area contributed by atoms with Crippen molar-refractivity contribution in [3.05, 3.63) is 10.6 Å². The third kappa shape index (κ3) is 2.54. The fourth-order valence-electron chi connectivity index (χ4n) is 2.15. The van der Waals surface area contributed by atoms with E-state index in [2.05, 4.69) is 35.7 Å². The molecule has 1 aliphatic heterocycles. The average molecular weight is 268 g/mol. The van der Waals surface area contributed by atoms with Crippen LogP contribution in [0.3, 0.4) is 0 Å². The van der Waals surface area contributed by atoms with Crippen molar-refractivity contribution in [1.82, 2.24) is 19.8 Å². The molecule has 18 heavy (non-hydrogen) atoms. The number of amides is 1. The first-order valence-electron chi connectivity index (χ1n) is 6.23. The summed E-state index contributed by atoms with van der Waals surface area (Å²) in [5.74, 6) is 0.0766. The molecule has 0 spiro atoms. The van der Waals surface area contributed by atoms with Crippen LogP contribution < -0.4 is 5.32 Å². The molecule has 0 aliphatic carbocycles. The van der Waals surface area contributed by atoms with E-state index in [-0.39, 0.29) is 11.3 Å². The smallest absolute Gasteiger partial charge is 0.267 e. The fraction of sp³-hybridized carbons (Fsp3) is 0.750. The Bertz CT molecular complexity index is 438. The average Bonchev–Trinajstić information content (AvgIpc) is 2.96. The number of nitrogens with zero attached hydrogens (tertiary/aromatic N) is 3. The predicted octanol–water partition coefficient (Wildman–Crippen LogP) is 1.27. The Hall–Kier alpha value is -1.01. The number of nitrogens with one attached hydrogen (secondary N) is 1. The number of carbonyl (C=O) groups excluding carboxylic acids is 1. The molecule has 1 aromatic heterocycles. The molecule has 100 valence electrons. The van der Waals surface area contributed by atoms with Gasteiger partial charge in [-0.3, -0.25) is 4.79 Å². The van der Waals surface area contributed by atoms with Gasteiger partial charge in [0.15, 0.2) is 0 Å². The third-order valence-corrected chi connectivity index (χ3v) is 3.99. The van der Waals surface area contributed by atoms with Crippen LogP contribution in [-0.2, 0) is 5.41 Å². The molecule has 1 aliphatic rings. The number of likely N-dealkylation sites (N-methyl/N-ethyl adjacent to an activating group) is 1. The monoisotopic (exact) mass is 268 g/mol. The first-order chi connectivity index (χ1) is 8.43. The van der Waals surface area contributed by atoms with Crippen LogP contribution in [0.5, 0.6) is 0 Å². The van der Waals surface area contributed by atoms with E-state index in [0.717, 1.165) is 25.2 Å². The molecule has 0 bridgehead atoms. The molecule has 0 aromatic carbocycles. The lowest BCUT2D eigenvalue weighted by molar-refractivity contribution is 0.0792. The SMILES string of the molecule is CNC1CCN(C(=O)c2snnc2C(C)(C)C)C1. The molecule has 0 radical (unpaired) electrons. The maximum Gasteiger partial charge on any atom is 0.267 e. The van der Waals surface area contributed by atoms with Gasteiger partial charge in [-0.1, -0.05) is 25.3 Å². The molecule has 1 saturated heterocycles. The summed E-state index contributed by atoms with van der Waals surface area (Å²) in [6.45, 7) is 7.76. The Morgan fingerprint density at radius 2 is 2.22 bits per heavy atom. The molecule has 1 fully saturated rings. The largest absolute Gasteiger partial charge is 0.336 e. The van der Waals surface area contributed by atoms with Gasteiger partial charge in [-0.15, -0.1) is 5.10 Å². The van der Waals surface area contributed by atoms with Crippen molar-refractivity contribution >= 4 is 17.4 Å². The van der Waals surface area contributed by atoms with Gasteiger partial charge >= 0.3 is 0 Å². The molecular weight excluding hydrogens is 248 g/mol. The molecular formula is C12H20N4OS. The number of aromatic nitrogens is 2. The van der Waals surface area contributed by atoms with Crippen LogP contribution in [0, 0.1) is 0 Å². The number of hydrogen-bond donors (Lipinski definition) is 1. The molecule has 1 aromatic rings. The van der Waals surface area contributed by atoms with Crippen LogP contribution in [0.1, 0.15) is 42.6 Å². The summed E-state index contributed by atoms with van der Waals surface area (Å²) >= 11 is 1.21. The number of carbonyl (C=O) groups is 1. The van der Waals surface area contributed by atoms with Crippen LogP contribution in [0.15, 0.2) is 0 Å². The first-order valence-corrected chi connectivity index (χ1v) is 7.00. The molecule has 1 atom stereocenters. The maximum absolute atomic E-state index is 12.5. The van der Waals surface area contributed by atoms with Gasteiger partial charge < -0.3 is 10.2 Å². The van der Waals surface area contributed by atoms with E-state index < -0.39 is 0 Å². The Kier molecular flexibility index (Phi) is 3.68. The lowest BCUT2D eigenvalue weighted by Crippen LogP contribution is -2.34. The minimum atomic E-state index is -0.139. The second-order valence-electron chi connectivity index (χ2n) is 5.73. The van der Waals surface area contributed by atoms with Gasteiger partial charge in [0.1, 0.15) is 4.88 Å². The highest BCUT2D eigenvalue weighted by Crippen LogP contribution is 2.27. The van der Waals surface area contributed by atoms with Crippen LogP contribution in [0.4, 0.5) is 0 Å². The Morgan fingerprint density at radius 3 is 2.78 bits per heavy atom. The molecule has 0 saturated carbocycles. The number of likely N-dealkylation sites (tertiary alicyclic amines) is 1. The van der Waals surface area contributed by atoms with E-state index in [1.54, 1.807) is 0 Å². The van der Waals surface area contributed by atoms with Gasteiger partial charge in [0.05, 0.1) is 5.69 Å². The van der Waals surface area contributed by atoms with Crippen molar-refractivity contribution in [3.63, 3.8) is 0 Å². The third-order valence-electron chi connectivity index (χ3n) is 3.28. The molecule has 1 unspecified atom stereocenters. The number of hydrogen-bond acceptors (Lipinski definition) is 5. The molecule has 2 rings (SSSR count). The molecule has 2 heterocycles. The predicted molar refractivity (Wildman–Crippen MR) is 72.0 cm³/mol. The van der Waals surface area contributed by atoms with E-state index in [1.165, 1.54) is 11.5 Å². The minimum absolute atomic E-state index is 0.0766. The van der Waals surface area contributed by atoms with Crippen molar-refractivity contribution in [2.45, 2.75) is 38.6 Å². The van der Waals surface area contributed by atoms with Gasteiger partial charge in [0.2, 0.25) is 0 Å². The Labute approximate surface area is 112 Å². The van der Waals surface area contributed by atoms with Gasteiger partial charge in [-0.05, 0) is 25.0 Å². The summed E-state index contributed by atoms with van der Waals surface area (Å²) in [4.78, 5) is 15.1. The summed E-state index contributed by atoms with van der Waals surface area (Å²) in [6, 6.07) is 0.410. The second kappa shape index (κ2) is 4.93. The molecule has 6 heteroatoms. The van der Waals surface area contributed by atoms with Crippen LogP contribution >= 0.6 is 11.5 Å². The highest BCUT2D eigenvalue weighted by molar-refractivity contribution is 7.08. The normalized spacial score (nSPS) is 20.4. The molecule has 1 amide bonds. The summed E-state index contributed by atoms with van der Waals surface area (Å²) in [6.07, 6.45) is 1.01. The fourth-order valence-corrected chi connectivity index (χ4v) is 2.99. The Morgan fingerprint density at radius 1 is 1.50 bits per heavy atom. The summed E-state index contributed by atoms with van der Waals surface area (Å²) in [7, 11) is 1.94. The van der Waals surface area contributed by atoms with Crippen molar-refractivity contribution in [1.29, 1.82) is 0 Å². The summed E-state index contributed by atoms with van der Waals surface area (Å²) in [5, 5.41) is 7.34. The van der Waals surface area contributed by atoms with Crippen molar-refractivity contribution in [2.24, 2.45) is 0 Å². The van der Waals surface area contributed by atoms with E-state index in [4.69, 9.17) is 0 Å². The van der Waals surface area contributed by atoms with Gasteiger partial charge in [0, 0.05) is 24.5 Å². The highest BCUT2D eigenvalue weighted by Gasteiger charge is 2.32. The first kappa shape index (κ1) is 13.4. The topological polar surface area (TPSA) is 58.1 Å². The lowest BCUT2D eigenvalue weighted by atomic mass is 9.91. The van der Waals surface area contributed by atoms with Crippen LogP contribution in [0.25, 0.3) is 0 Å². The maximum atomic E-state index is 12.5. The lowest BCUT2D eigenvalue weighted by Gasteiger charge is -2.19. The van der Waals surface area contributed by atoms with Gasteiger partial charge in [-0.25, -0.2) is 0 Å². The van der Waals surface area contributed by atoms with Gasteiger partial charge in [0.25, 0.3) is 5.91 Å². The van der Waals surface area contributed by atoms with E-state index in [0.29, 0.717) is 10.9 Å². The quantitative estimate of drug-likeness (QED) is 0.877. The van der Waals surface area contributed by atoms with E-state index in [1.807, 2.05) is 11.9 Å².